The molecule has 2 saturated heterocycles. The molecule has 0 bridgehead atoms. The molecule has 2 fully saturated rings. The first kappa shape index (κ1) is 15.9. The Morgan fingerprint density at radius 3 is 2.59 bits per heavy atom. The van der Waals surface area contributed by atoms with Crippen molar-refractivity contribution in [3.8, 4) is 0 Å². The fraction of sp³-hybridized carbons (Fsp3) is 0.786. The van der Waals surface area contributed by atoms with E-state index < -0.39 is 10.2 Å². The number of hydrogen-bond donors (Lipinski definition) is 1. The molecule has 0 radical (unpaired) electrons. The normalized spacial score (nSPS) is 32.2. The van der Waals surface area contributed by atoms with Gasteiger partial charge in [0.1, 0.15) is 0 Å². The van der Waals surface area contributed by atoms with E-state index in [9.17, 15) is 8.42 Å². The number of H-pyrrole nitrogens is 1. The summed E-state index contributed by atoms with van der Waals surface area (Å²) in [6, 6.07) is 0. The Labute approximate surface area is 131 Å². The van der Waals surface area contributed by atoms with Gasteiger partial charge in [0, 0.05) is 38.3 Å². The highest BCUT2D eigenvalue weighted by Gasteiger charge is 2.37. The fourth-order valence-electron chi connectivity index (χ4n) is 3.39. The lowest BCUT2D eigenvalue weighted by Crippen LogP contribution is -2.54. The van der Waals surface area contributed by atoms with E-state index in [4.69, 9.17) is 4.74 Å². The summed E-state index contributed by atoms with van der Waals surface area (Å²) in [6.45, 7) is 5.82. The van der Waals surface area contributed by atoms with E-state index in [2.05, 4.69) is 10.2 Å². The molecule has 0 saturated carbocycles. The lowest BCUT2D eigenvalue weighted by molar-refractivity contribution is -0.0456. The van der Waals surface area contributed by atoms with Crippen molar-refractivity contribution in [2.24, 2.45) is 0 Å². The van der Waals surface area contributed by atoms with Gasteiger partial charge >= 0.3 is 0 Å². The maximum Gasteiger partial charge on any atom is 0.282 e. The zero-order valence-electron chi connectivity index (χ0n) is 13.1. The maximum atomic E-state index is 12.9. The average Bonchev–Trinajstić information content (AvgIpc) is 3.00. The third-order valence-electron chi connectivity index (χ3n) is 4.41. The molecule has 2 aliphatic heterocycles. The predicted octanol–water partition coefficient (Wildman–Crippen LogP) is 0.943. The number of rotatable bonds is 3. The second kappa shape index (κ2) is 6.27. The van der Waals surface area contributed by atoms with Crippen molar-refractivity contribution in [2.75, 3.05) is 26.2 Å². The second-order valence-corrected chi connectivity index (χ2v) is 8.24. The van der Waals surface area contributed by atoms with Gasteiger partial charge in [-0.3, -0.25) is 5.10 Å². The minimum atomic E-state index is -3.42. The molecular formula is C14H24N4O3S. The van der Waals surface area contributed by atoms with Crippen LogP contribution in [0, 0.1) is 0 Å². The summed E-state index contributed by atoms with van der Waals surface area (Å²) in [5.41, 5.74) is 1.09. The molecule has 1 aromatic rings. The Balaban J connectivity index is 1.74. The van der Waals surface area contributed by atoms with Gasteiger partial charge in [-0.2, -0.15) is 22.1 Å². The highest BCUT2D eigenvalue weighted by atomic mass is 32.2. The first-order valence-electron chi connectivity index (χ1n) is 7.86. The SMILES string of the molecule is C[C@@H]1CN(S(=O)(=O)N2CCC[C@H](c3cn[nH]c3)C2)C[C@H](C)O1. The predicted molar refractivity (Wildman–Crippen MR) is 82.6 cm³/mol. The number of nitrogens with one attached hydrogen (secondary N) is 1. The third-order valence-corrected chi connectivity index (χ3v) is 6.35. The van der Waals surface area contributed by atoms with Crippen LogP contribution in [0.15, 0.2) is 12.4 Å². The topological polar surface area (TPSA) is 78.5 Å². The van der Waals surface area contributed by atoms with Gasteiger partial charge in [-0.25, -0.2) is 0 Å². The molecule has 22 heavy (non-hydrogen) atoms. The van der Waals surface area contributed by atoms with Gasteiger partial charge in [-0.15, -0.1) is 0 Å². The standard InChI is InChI=1S/C14H24N4O3S/c1-11-8-18(9-12(2)21-11)22(19,20)17-5-3-4-13(10-17)14-6-15-16-7-14/h6-7,11-13H,3-5,8-10H2,1-2H3,(H,15,16)/t11-,12+,13-/m0/s1. The van der Waals surface area contributed by atoms with Crippen LogP contribution in [0.2, 0.25) is 0 Å². The fourth-order valence-corrected chi connectivity index (χ4v) is 5.24. The zero-order valence-corrected chi connectivity index (χ0v) is 13.9. The monoisotopic (exact) mass is 328 g/mol. The van der Waals surface area contributed by atoms with Gasteiger partial charge in [-0.1, -0.05) is 0 Å². The van der Waals surface area contributed by atoms with Crippen LogP contribution in [-0.4, -0.2) is 65.6 Å². The van der Waals surface area contributed by atoms with Crippen molar-refractivity contribution in [1.29, 1.82) is 0 Å². The summed E-state index contributed by atoms with van der Waals surface area (Å²) < 4.78 is 34.7. The first-order chi connectivity index (χ1) is 10.5. The molecule has 0 aromatic carbocycles. The number of hydrogen-bond acceptors (Lipinski definition) is 4. The average molecular weight is 328 g/mol. The summed E-state index contributed by atoms with van der Waals surface area (Å²) in [6.07, 6.45) is 5.41. The largest absolute Gasteiger partial charge is 0.373 e. The van der Waals surface area contributed by atoms with Gasteiger partial charge in [0.2, 0.25) is 0 Å². The smallest absolute Gasteiger partial charge is 0.282 e. The van der Waals surface area contributed by atoms with Crippen LogP contribution in [0.3, 0.4) is 0 Å². The third kappa shape index (κ3) is 3.19. The molecule has 3 heterocycles. The van der Waals surface area contributed by atoms with E-state index in [1.807, 2.05) is 20.0 Å². The number of morpholine rings is 1. The van der Waals surface area contributed by atoms with Crippen molar-refractivity contribution in [3.05, 3.63) is 18.0 Å². The molecule has 7 nitrogen and oxygen atoms in total. The van der Waals surface area contributed by atoms with Crippen molar-refractivity contribution in [3.63, 3.8) is 0 Å². The number of aromatic nitrogens is 2. The molecule has 2 aliphatic rings. The van der Waals surface area contributed by atoms with Crippen molar-refractivity contribution in [2.45, 2.75) is 44.8 Å². The Hall–Kier alpha value is -0.960. The van der Waals surface area contributed by atoms with Crippen LogP contribution >= 0.6 is 0 Å². The van der Waals surface area contributed by atoms with E-state index in [0.29, 0.717) is 26.2 Å². The molecular weight excluding hydrogens is 304 g/mol. The molecule has 0 unspecified atom stereocenters. The van der Waals surface area contributed by atoms with Crippen LogP contribution in [-0.2, 0) is 14.9 Å². The summed E-state index contributed by atoms with van der Waals surface area (Å²) in [5.74, 6) is 0.221. The Morgan fingerprint density at radius 1 is 1.23 bits per heavy atom. The molecule has 0 aliphatic carbocycles. The number of piperidine rings is 1. The van der Waals surface area contributed by atoms with Gasteiger partial charge in [0.05, 0.1) is 18.4 Å². The summed E-state index contributed by atoms with van der Waals surface area (Å²) in [5, 5.41) is 6.79. The molecule has 1 N–H and O–H groups in total. The highest BCUT2D eigenvalue weighted by Crippen LogP contribution is 2.29. The Morgan fingerprint density at radius 2 is 1.95 bits per heavy atom. The van der Waals surface area contributed by atoms with E-state index in [-0.39, 0.29) is 18.1 Å². The lowest BCUT2D eigenvalue weighted by Gasteiger charge is -2.39. The lowest BCUT2D eigenvalue weighted by atomic mass is 9.94. The Kier molecular flexibility index (Phi) is 4.54. The molecule has 1 aromatic heterocycles. The molecule has 8 heteroatoms. The molecule has 124 valence electrons. The van der Waals surface area contributed by atoms with Crippen LogP contribution in [0.5, 0.6) is 0 Å². The summed E-state index contributed by atoms with van der Waals surface area (Å²) in [7, 11) is -3.42. The van der Waals surface area contributed by atoms with Gasteiger partial charge in [0.25, 0.3) is 10.2 Å². The zero-order chi connectivity index (χ0) is 15.7. The second-order valence-electron chi connectivity index (χ2n) is 6.31. The van der Waals surface area contributed by atoms with Crippen molar-refractivity contribution in [1.82, 2.24) is 18.8 Å². The van der Waals surface area contributed by atoms with Crippen molar-refractivity contribution >= 4 is 10.2 Å². The summed E-state index contributed by atoms with van der Waals surface area (Å²) in [4.78, 5) is 0. The minimum absolute atomic E-state index is 0.0620. The van der Waals surface area contributed by atoms with Crippen LogP contribution in [0.4, 0.5) is 0 Å². The van der Waals surface area contributed by atoms with Gasteiger partial charge in [-0.05, 0) is 32.3 Å². The maximum absolute atomic E-state index is 12.9. The van der Waals surface area contributed by atoms with Crippen LogP contribution in [0.25, 0.3) is 0 Å². The molecule has 3 rings (SSSR count). The molecule has 3 atom stereocenters. The first-order valence-corrected chi connectivity index (χ1v) is 9.26. The van der Waals surface area contributed by atoms with E-state index in [0.717, 1.165) is 18.4 Å². The van der Waals surface area contributed by atoms with Gasteiger partial charge in [0.15, 0.2) is 0 Å². The molecule has 0 amide bonds. The minimum Gasteiger partial charge on any atom is -0.373 e. The summed E-state index contributed by atoms with van der Waals surface area (Å²) >= 11 is 0. The number of ether oxygens (including phenoxy) is 1. The van der Waals surface area contributed by atoms with E-state index in [1.54, 1.807) is 14.8 Å². The van der Waals surface area contributed by atoms with Crippen LogP contribution < -0.4 is 0 Å². The number of aromatic amines is 1. The van der Waals surface area contributed by atoms with E-state index in [1.165, 1.54) is 0 Å². The Bertz CT molecular complexity index is 579. The quantitative estimate of drug-likeness (QED) is 0.896. The van der Waals surface area contributed by atoms with E-state index >= 15 is 0 Å². The molecule has 0 spiro atoms. The van der Waals surface area contributed by atoms with Gasteiger partial charge < -0.3 is 4.74 Å². The highest BCUT2D eigenvalue weighted by molar-refractivity contribution is 7.86. The van der Waals surface area contributed by atoms with Crippen LogP contribution in [0.1, 0.15) is 38.2 Å². The van der Waals surface area contributed by atoms with Crippen molar-refractivity contribution < 1.29 is 13.2 Å². The number of nitrogens with zero attached hydrogens (tertiary/aromatic N) is 3.